The van der Waals surface area contributed by atoms with Crippen LogP contribution in [0.25, 0.3) is 6.08 Å². The largest absolute Gasteiger partial charge is 0.490 e. The summed E-state index contributed by atoms with van der Waals surface area (Å²) in [6, 6.07) is 8.22. The van der Waals surface area contributed by atoms with Crippen molar-refractivity contribution in [1.82, 2.24) is 4.57 Å². The molecule has 0 aliphatic carbocycles. The Morgan fingerprint density at radius 3 is 2.68 bits per heavy atom. The molecule has 1 aliphatic rings. The van der Waals surface area contributed by atoms with Crippen molar-refractivity contribution in [3.05, 3.63) is 77.1 Å². The molecule has 3 aromatic rings. The van der Waals surface area contributed by atoms with Crippen molar-refractivity contribution in [2.45, 2.75) is 26.8 Å². The van der Waals surface area contributed by atoms with Crippen LogP contribution in [-0.4, -0.2) is 30.2 Å². The third-order valence-electron chi connectivity index (χ3n) is 5.06. The van der Waals surface area contributed by atoms with Crippen molar-refractivity contribution in [1.29, 1.82) is 0 Å². The van der Waals surface area contributed by atoms with Crippen molar-refractivity contribution >= 4 is 40.7 Å². The van der Waals surface area contributed by atoms with Crippen molar-refractivity contribution in [2.75, 3.05) is 13.7 Å². The first-order chi connectivity index (χ1) is 16.3. The fourth-order valence-electron chi connectivity index (χ4n) is 3.68. The maximum absolute atomic E-state index is 13.5. The molecule has 8 nitrogen and oxygen atoms in total. The van der Waals surface area contributed by atoms with Gasteiger partial charge in [-0.15, -0.1) is 11.3 Å². The van der Waals surface area contributed by atoms with E-state index in [2.05, 4.69) is 4.99 Å². The highest BCUT2D eigenvalue weighted by Crippen LogP contribution is 2.33. The van der Waals surface area contributed by atoms with Gasteiger partial charge in [0.15, 0.2) is 16.3 Å². The molecular weight excluding hydrogens is 476 g/mol. The van der Waals surface area contributed by atoms with Crippen LogP contribution in [0.3, 0.4) is 0 Å². The zero-order chi connectivity index (χ0) is 24.4. The van der Waals surface area contributed by atoms with E-state index < -0.39 is 18.0 Å². The Kier molecular flexibility index (Phi) is 6.80. The number of thiazole rings is 1. The SMILES string of the molecule is CCOc1cc(/C=c2/sc3n(c2=O)C(c2cccs2)C(C(=O)OC)=C(C)N=3)ccc1OC(C)=O. The Bertz CT molecular complexity index is 1460. The predicted molar refractivity (Wildman–Crippen MR) is 129 cm³/mol. The highest BCUT2D eigenvalue weighted by molar-refractivity contribution is 7.10. The van der Waals surface area contributed by atoms with E-state index >= 15 is 0 Å². The molecule has 0 saturated carbocycles. The summed E-state index contributed by atoms with van der Waals surface area (Å²) in [5.41, 5.74) is 1.29. The Hall–Kier alpha value is -3.50. The van der Waals surface area contributed by atoms with Gasteiger partial charge in [0.2, 0.25) is 0 Å². The molecule has 4 rings (SSSR count). The molecule has 176 valence electrons. The molecule has 0 N–H and O–H groups in total. The number of methoxy groups -OCH3 is 1. The van der Waals surface area contributed by atoms with E-state index in [1.807, 2.05) is 24.4 Å². The molecule has 34 heavy (non-hydrogen) atoms. The number of carbonyl (C=O) groups excluding carboxylic acids is 2. The Morgan fingerprint density at radius 2 is 2.03 bits per heavy atom. The zero-order valence-electron chi connectivity index (χ0n) is 19.0. The van der Waals surface area contributed by atoms with Crippen LogP contribution in [0, 0.1) is 0 Å². The number of thiophene rings is 1. The lowest BCUT2D eigenvalue weighted by molar-refractivity contribution is -0.136. The topological polar surface area (TPSA) is 96.2 Å². The van der Waals surface area contributed by atoms with Crippen molar-refractivity contribution in [2.24, 2.45) is 4.99 Å². The minimum absolute atomic E-state index is 0.266. The van der Waals surface area contributed by atoms with E-state index in [0.29, 0.717) is 44.3 Å². The number of benzene rings is 1. The van der Waals surface area contributed by atoms with Gasteiger partial charge in [0.05, 0.1) is 29.5 Å². The lowest BCUT2D eigenvalue weighted by Gasteiger charge is -2.22. The summed E-state index contributed by atoms with van der Waals surface area (Å²) in [7, 11) is 1.31. The summed E-state index contributed by atoms with van der Waals surface area (Å²) in [6.07, 6.45) is 1.73. The van der Waals surface area contributed by atoms with Crippen LogP contribution in [0.1, 0.15) is 37.3 Å². The highest BCUT2D eigenvalue weighted by atomic mass is 32.1. The van der Waals surface area contributed by atoms with Gasteiger partial charge in [0.1, 0.15) is 6.04 Å². The Morgan fingerprint density at radius 1 is 1.24 bits per heavy atom. The lowest BCUT2D eigenvalue weighted by Crippen LogP contribution is -2.39. The van der Waals surface area contributed by atoms with Crippen LogP contribution < -0.4 is 24.4 Å². The molecule has 1 aromatic carbocycles. The van der Waals surface area contributed by atoms with Gasteiger partial charge in [-0.2, -0.15) is 0 Å². The summed E-state index contributed by atoms with van der Waals surface area (Å²) in [6.45, 7) is 5.27. The molecule has 0 bridgehead atoms. The van der Waals surface area contributed by atoms with Crippen LogP contribution >= 0.6 is 22.7 Å². The number of ether oxygens (including phenoxy) is 3. The first-order valence-corrected chi connectivity index (χ1v) is 12.1. The quantitative estimate of drug-likeness (QED) is 0.383. The number of allylic oxidation sites excluding steroid dienone is 1. The second-order valence-corrected chi connectivity index (χ2v) is 9.31. The molecule has 1 atom stereocenters. The second kappa shape index (κ2) is 9.78. The maximum Gasteiger partial charge on any atom is 0.338 e. The first kappa shape index (κ1) is 23.7. The van der Waals surface area contributed by atoms with E-state index in [1.165, 1.54) is 41.3 Å². The van der Waals surface area contributed by atoms with Crippen molar-refractivity contribution in [3.63, 3.8) is 0 Å². The smallest absolute Gasteiger partial charge is 0.338 e. The number of hydrogen-bond acceptors (Lipinski definition) is 9. The summed E-state index contributed by atoms with van der Waals surface area (Å²) < 4.78 is 17.8. The average Bonchev–Trinajstić information content (AvgIpc) is 3.43. The number of aromatic nitrogens is 1. The van der Waals surface area contributed by atoms with Crippen molar-refractivity contribution in [3.8, 4) is 11.5 Å². The standard InChI is InChI=1S/C24H22N2O6S2/c1-5-31-17-11-15(8-9-16(17)32-14(3)27)12-19-22(28)26-21(18-7-6-10-33-18)20(23(29)30-4)13(2)25-24(26)34-19/h6-12,21H,5H2,1-4H3/b19-12+. The third kappa shape index (κ3) is 4.46. The summed E-state index contributed by atoms with van der Waals surface area (Å²) in [5.74, 6) is -0.257. The van der Waals surface area contributed by atoms with Gasteiger partial charge in [-0.3, -0.25) is 14.2 Å². The maximum atomic E-state index is 13.5. The van der Waals surface area contributed by atoms with Crippen molar-refractivity contribution < 1.29 is 23.8 Å². The summed E-state index contributed by atoms with van der Waals surface area (Å²) in [5, 5.41) is 1.90. The number of nitrogens with zero attached hydrogens (tertiary/aromatic N) is 2. The lowest BCUT2D eigenvalue weighted by atomic mass is 10.0. The fraction of sp³-hybridized carbons (Fsp3) is 0.250. The monoisotopic (exact) mass is 498 g/mol. The highest BCUT2D eigenvalue weighted by Gasteiger charge is 2.33. The average molecular weight is 499 g/mol. The van der Waals surface area contributed by atoms with Gasteiger partial charge in [-0.1, -0.05) is 23.5 Å². The third-order valence-corrected chi connectivity index (χ3v) is 6.97. The van der Waals surface area contributed by atoms with Crippen LogP contribution in [0.15, 0.2) is 56.8 Å². The first-order valence-electron chi connectivity index (χ1n) is 10.4. The second-order valence-electron chi connectivity index (χ2n) is 7.32. The van der Waals surface area contributed by atoms with Crippen LogP contribution in [0.2, 0.25) is 0 Å². The van der Waals surface area contributed by atoms with Gasteiger partial charge in [0, 0.05) is 11.8 Å². The van der Waals surface area contributed by atoms with Gasteiger partial charge in [-0.25, -0.2) is 9.79 Å². The molecule has 0 saturated heterocycles. The number of carbonyl (C=O) groups is 2. The molecular formula is C24H22N2O6S2. The number of hydrogen-bond donors (Lipinski definition) is 0. The van der Waals surface area contributed by atoms with Gasteiger partial charge in [-0.05, 0) is 49.1 Å². The van der Waals surface area contributed by atoms with Gasteiger partial charge < -0.3 is 14.2 Å². The van der Waals surface area contributed by atoms with E-state index in [4.69, 9.17) is 14.2 Å². The fourth-order valence-corrected chi connectivity index (χ4v) is 5.55. The van der Waals surface area contributed by atoms with E-state index in [1.54, 1.807) is 31.2 Å². The molecule has 0 fully saturated rings. The normalized spacial score (nSPS) is 15.5. The molecule has 0 radical (unpaired) electrons. The molecule has 3 heterocycles. The van der Waals surface area contributed by atoms with Crippen LogP contribution in [0.4, 0.5) is 0 Å². The summed E-state index contributed by atoms with van der Waals surface area (Å²) in [4.78, 5) is 43.4. The zero-order valence-corrected chi connectivity index (χ0v) is 20.6. The molecule has 0 spiro atoms. The van der Waals surface area contributed by atoms with Crippen LogP contribution in [0.5, 0.6) is 11.5 Å². The van der Waals surface area contributed by atoms with E-state index in [9.17, 15) is 14.4 Å². The molecule has 2 aromatic heterocycles. The minimum Gasteiger partial charge on any atom is -0.490 e. The van der Waals surface area contributed by atoms with E-state index in [-0.39, 0.29) is 5.56 Å². The Balaban J connectivity index is 1.87. The predicted octanol–water partition coefficient (Wildman–Crippen LogP) is 2.79. The summed E-state index contributed by atoms with van der Waals surface area (Å²) >= 11 is 2.69. The Labute approximate surface area is 203 Å². The molecule has 1 unspecified atom stereocenters. The molecule has 0 amide bonds. The van der Waals surface area contributed by atoms with Gasteiger partial charge in [0.25, 0.3) is 5.56 Å². The number of fused-ring (bicyclic) bond motifs is 1. The number of esters is 2. The van der Waals surface area contributed by atoms with Gasteiger partial charge >= 0.3 is 11.9 Å². The minimum atomic E-state index is -0.615. The molecule has 10 heteroatoms. The van der Waals surface area contributed by atoms with E-state index in [0.717, 1.165) is 4.88 Å². The van der Waals surface area contributed by atoms with Crippen LogP contribution in [-0.2, 0) is 14.3 Å². The molecule has 1 aliphatic heterocycles. The number of rotatable bonds is 6.